The van der Waals surface area contributed by atoms with Gasteiger partial charge in [-0.05, 0) is 68.6 Å². The molecule has 0 aromatic carbocycles. The predicted molar refractivity (Wildman–Crippen MR) is 163 cm³/mol. The van der Waals surface area contributed by atoms with Crippen molar-refractivity contribution in [2.75, 3.05) is 6.54 Å². The summed E-state index contributed by atoms with van der Waals surface area (Å²) in [5, 5.41) is 8.74. The zero-order valence-corrected chi connectivity index (χ0v) is 26.6. The van der Waals surface area contributed by atoms with Crippen LogP contribution in [0.2, 0.25) is 0 Å². The summed E-state index contributed by atoms with van der Waals surface area (Å²) >= 11 is 0. The third-order valence-corrected chi connectivity index (χ3v) is 9.98. The lowest BCUT2D eigenvalue weighted by Gasteiger charge is -2.64. The molecule has 2 bridgehead atoms. The van der Waals surface area contributed by atoms with Crippen LogP contribution < -0.4 is 21.7 Å². The van der Waals surface area contributed by atoms with Crippen LogP contribution in [0, 0.1) is 23.2 Å². The summed E-state index contributed by atoms with van der Waals surface area (Å²) in [5.41, 5.74) is 5.09. The van der Waals surface area contributed by atoms with Gasteiger partial charge in [0.2, 0.25) is 11.8 Å². The number of nitrogens with one attached hydrogen (secondary N) is 3. The molecule has 9 nitrogen and oxygen atoms in total. The number of carbonyl (C=O) groups is 3. The molecular formula is C31H57BN4O5. The minimum absolute atomic E-state index is 0.0354. The van der Waals surface area contributed by atoms with Crippen molar-refractivity contribution in [2.45, 2.75) is 149 Å². The molecule has 1 saturated heterocycles. The van der Waals surface area contributed by atoms with E-state index in [9.17, 15) is 14.4 Å². The Morgan fingerprint density at radius 1 is 0.976 bits per heavy atom. The zero-order chi connectivity index (χ0) is 30.2. The first-order chi connectivity index (χ1) is 19.4. The summed E-state index contributed by atoms with van der Waals surface area (Å²) in [7, 11) is -0.521. The Balaban J connectivity index is 1.60. The van der Waals surface area contributed by atoms with Crippen LogP contribution in [0.1, 0.15) is 125 Å². The van der Waals surface area contributed by atoms with Crippen molar-refractivity contribution in [1.29, 1.82) is 0 Å². The predicted octanol–water partition coefficient (Wildman–Crippen LogP) is 4.86. The van der Waals surface area contributed by atoms with Crippen molar-refractivity contribution >= 4 is 25.0 Å². The standard InChI is InChI=1S/C31H57BN4O5/c1-7-8-9-10-11-12-13-16-27(37)35-23(15-14-17-34-29(33)39)28(38)36-26(18-21(2)3)32-40-25-20-22-19-24(30(22,4)5)31(25,6)41-32/h21-26H,7-20H2,1-6H3,(H,35,37)(H,36,38)(H3,33,34,39)/t22-,23?,24-,25+,26-,31-/m0/s1. The molecule has 4 amide bonds. The highest BCUT2D eigenvalue weighted by Crippen LogP contribution is 2.65. The van der Waals surface area contributed by atoms with Gasteiger partial charge in [-0.25, -0.2) is 4.79 Å². The fourth-order valence-corrected chi connectivity index (χ4v) is 7.40. The summed E-state index contributed by atoms with van der Waals surface area (Å²) in [6.07, 6.45) is 12.1. The highest BCUT2D eigenvalue weighted by atomic mass is 16.7. The lowest BCUT2D eigenvalue weighted by molar-refractivity contribution is -0.199. The molecule has 4 aliphatic rings. The number of unbranched alkanes of at least 4 members (excludes halogenated alkanes) is 6. The SMILES string of the molecule is CCCCCCCCCC(=O)NC(CCCNC(N)=O)C(=O)N[C@@H](CC(C)C)B1O[C@@H]2C[C@@H]3C[C@@H](C3(C)C)[C@]2(C)O1. The van der Waals surface area contributed by atoms with Gasteiger partial charge in [-0.15, -0.1) is 0 Å². The van der Waals surface area contributed by atoms with Crippen LogP contribution >= 0.6 is 0 Å². The molecule has 5 N–H and O–H groups in total. The van der Waals surface area contributed by atoms with Gasteiger partial charge in [-0.2, -0.15) is 0 Å². The second-order valence-electron chi connectivity index (χ2n) is 14.0. The van der Waals surface area contributed by atoms with Crippen LogP contribution in [0.15, 0.2) is 0 Å². The number of amides is 4. The minimum atomic E-state index is -0.706. The summed E-state index contributed by atoms with van der Waals surface area (Å²) in [6, 6.07) is -1.31. The highest BCUT2D eigenvalue weighted by Gasteiger charge is 2.68. The first kappa shape index (κ1) is 33.7. The molecule has 1 heterocycles. The van der Waals surface area contributed by atoms with Gasteiger partial charge in [0.15, 0.2) is 0 Å². The first-order valence-corrected chi connectivity index (χ1v) is 16.3. The molecule has 3 saturated carbocycles. The monoisotopic (exact) mass is 576 g/mol. The molecular weight excluding hydrogens is 519 g/mol. The molecule has 41 heavy (non-hydrogen) atoms. The van der Waals surface area contributed by atoms with Gasteiger partial charge in [-0.3, -0.25) is 9.59 Å². The molecule has 234 valence electrons. The molecule has 3 aliphatic carbocycles. The van der Waals surface area contributed by atoms with Gasteiger partial charge in [-0.1, -0.05) is 73.1 Å². The summed E-state index contributed by atoms with van der Waals surface area (Å²) in [4.78, 5) is 37.6. The molecule has 1 aliphatic heterocycles. The van der Waals surface area contributed by atoms with E-state index in [1.807, 2.05) is 0 Å². The van der Waals surface area contributed by atoms with Gasteiger partial charge >= 0.3 is 13.1 Å². The summed E-state index contributed by atoms with van der Waals surface area (Å²) < 4.78 is 13.2. The maximum absolute atomic E-state index is 13.7. The Labute approximate surface area is 248 Å². The Kier molecular flexibility index (Phi) is 12.4. The number of urea groups is 1. The molecule has 0 spiro atoms. The maximum Gasteiger partial charge on any atom is 0.481 e. The van der Waals surface area contributed by atoms with Gasteiger partial charge in [0, 0.05) is 13.0 Å². The molecule has 0 radical (unpaired) electrons. The second kappa shape index (κ2) is 15.1. The molecule has 0 aromatic rings. The van der Waals surface area contributed by atoms with Crippen molar-refractivity contribution in [3.8, 4) is 0 Å². The minimum Gasteiger partial charge on any atom is -0.404 e. The van der Waals surface area contributed by atoms with Crippen molar-refractivity contribution < 1.29 is 23.7 Å². The quantitative estimate of drug-likeness (QED) is 0.137. The van der Waals surface area contributed by atoms with Crippen LogP contribution in [-0.4, -0.2) is 55.2 Å². The topological polar surface area (TPSA) is 132 Å². The number of nitrogens with two attached hydrogens (primary N) is 1. The van der Waals surface area contributed by atoms with E-state index in [1.165, 1.54) is 32.1 Å². The van der Waals surface area contributed by atoms with Crippen molar-refractivity contribution in [3.05, 3.63) is 0 Å². The molecule has 6 atom stereocenters. The average Bonchev–Trinajstić information content (AvgIpc) is 3.26. The summed E-state index contributed by atoms with van der Waals surface area (Å²) in [6.45, 7) is 13.7. The largest absolute Gasteiger partial charge is 0.481 e. The van der Waals surface area contributed by atoms with Gasteiger partial charge < -0.3 is 31.0 Å². The van der Waals surface area contributed by atoms with E-state index in [0.717, 1.165) is 25.7 Å². The van der Waals surface area contributed by atoms with Crippen LogP contribution in [-0.2, 0) is 18.9 Å². The van der Waals surface area contributed by atoms with E-state index in [4.69, 9.17) is 15.0 Å². The van der Waals surface area contributed by atoms with E-state index in [2.05, 4.69) is 57.5 Å². The third kappa shape index (κ3) is 8.85. The Hall–Kier alpha value is -1.81. The summed E-state index contributed by atoms with van der Waals surface area (Å²) in [5.74, 6) is 0.733. The van der Waals surface area contributed by atoms with Gasteiger partial charge in [0.05, 0.1) is 17.6 Å². The van der Waals surface area contributed by atoms with E-state index < -0.39 is 19.2 Å². The fraction of sp³-hybridized carbons (Fsp3) is 0.903. The molecule has 4 rings (SSSR count). The number of primary amides is 1. The zero-order valence-electron chi connectivity index (χ0n) is 26.6. The Morgan fingerprint density at radius 3 is 2.29 bits per heavy atom. The fourth-order valence-electron chi connectivity index (χ4n) is 7.40. The maximum atomic E-state index is 13.7. The van der Waals surface area contributed by atoms with E-state index >= 15 is 0 Å². The van der Waals surface area contributed by atoms with Crippen molar-refractivity contribution in [1.82, 2.24) is 16.0 Å². The van der Waals surface area contributed by atoms with Crippen LogP contribution in [0.3, 0.4) is 0 Å². The molecule has 10 heteroatoms. The van der Waals surface area contributed by atoms with Gasteiger partial charge in [0.25, 0.3) is 0 Å². The van der Waals surface area contributed by atoms with E-state index in [-0.39, 0.29) is 34.9 Å². The Morgan fingerprint density at radius 2 is 1.66 bits per heavy atom. The molecule has 1 unspecified atom stereocenters. The van der Waals surface area contributed by atoms with E-state index in [1.54, 1.807) is 0 Å². The van der Waals surface area contributed by atoms with Crippen molar-refractivity contribution in [3.63, 3.8) is 0 Å². The average molecular weight is 577 g/mol. The number of rotatable bonds is 18. The normalized spacial score (nSPS) is 27.5. The smallest absolute Gasteiger partial charge is 0.404 e. The van der Waals surface area contributed by atoms with Crippen LogP contribution in [0.4, 0.5) is 4.79 Å². The van der Waals surface area contributed by atoms with E-state index in [0.29, 0.717) is 50.0 Å². The van der Waals surface area contributed by atoms with Crippen molar-refractivity contribution in [2.24, 2.45) is 28.9 Å². The number of hydrogen-bond acceptors (Lipinski definition) is 5. The third-order valence-electron chi connectivity index (χ3n) is 9.98. The lowest BCUT2D eigenvalue weighted by Crippen LogP contribution is -2.65. The number of carbonyl (C=O) groups excluding carboxylic acids is 3. The molecule has 4 fully saturated rings. The molecule has 0 aromatic heterocycles. The van der Waals surface area contributed by atoms with Gasteiger partial charge in [0.1, 0.15) is 6.04 Å². The second-order valence-corrected chi connectivity index (χ2v) is 14.0. The van der Waals surface area contributed by atoms with Crippen LogP contribution in [0.25, 0.3) is 0 Å². The Bertz CT molecular complexity index is 887. The van der Waals surface area contributed by atoms with Crippen LogP contribution in [0.5, 0.6) is 0 Å². The number of hydrogen-bond donors (Lipinski definition) is 4. The lowest BCUT2D eigenvalue weighted by atomic mass is 9.43. The highest BCUT2D eigenvalue weighted by molar-refractivity contribution is 6.48. The first-order valence-electron chi connectivity index (χ1n) is 16.3.